The lowest BCUT2D eigenvalue weighted by atomic mass is 9.94. The van der Waals surface area contributed by atoms with Crippen LogP contribution >= 0.6 is 11.6 Å². The molecule has 0 amide bonds. The number of ether oxygens (including phenoxy) is 1. The highest BCUT2D eigenvalue weighted by Gasteiger charge is 2.26. The second kappa shape index (κ2) is 5.74. The number of fused-ring (bicyclic) bond motifs is 1. The van der Waals surface area contributed by atoms with Crippen molar-refractivity contribution in [3.05, 3.63) is 28.8 Å². The highest BCUT2D eigenvalue weighted by atomic mass is 35.5. The van der Waals surface area contributed by atoms with Gasteiger partial charge in [-0.2, -0.15) is 0 Å². The molecule has 1 aliphatic rings. The topological polar surface area (TPSA) is 21.3 Å². The van der Waals surface area contributed by atoms with Crippen molar-refractivity contribution in [3.63, 3.8) is 0 Å². The molecule has 2 rings (SSSR count). The third-order valence-electron chi connectivity index (χ3n) is 3.37. The lowest BCUT2D eigenvalue weighted by Crippen LogP contribution is -2.31. The molecule has 1 aromatic carbocycles. The second-order valence-electron chi connectivity index (χ2n) is 4.64. The van der Waals surface area contributed by atoms with Gasteiger partial charge in [0.2, 0.25) is 0 Å². The van der Waals surface area contributed by atoms with E-state index in [1.807, 2.05) is 25.2 Å². The fraction of sp³-hybridized carbons (Fsp3) is 0.571. The van der Waals surface area contributed by atoms with Crippen molar-refractivity contribution in [1.82, 2.24) is 5.32 Å². The number of hydrogen-bond acceptors (Lipinski definition) is 2. The Hall–Kier alpha value is -0.730. The highest BCUT2D eigenvalue weighted by molar-refractivity contribution is 6.30. The summed E-state index contributed by atoms with van der Waals surface area (Å²) in [5.41, 5.74) is 1.19. The molecule has 0 radical (unpaired) electrons. The van der Waals surface area contributed by atoms with Crippen molar-refractivity contribution < 1.29 is 4.74 Å². The van der Waals surface area contributed by atoms with Crippen LogP contribution in [0.2, 0.25) is 5.02 Å². The van der Waals surface area contributed by atoms with E-state index in [0.717, 1.165) is 23.6 Å². The molecule has 1 aliphatic heterocycles. The molecule has 2 unspecified atom stereocenters. The normalized spacial score (nSPS) is 23.0. The summed E-state index contributed by atoms with van der Waals surface area (Å²) in [5, 5.41) is 4.13. The van der Waals surface area contributed by atoms with Crippen LogP contribution in [0.4, 0.5) is 0 Å². The summed E-state index contributed by atoms with van der Waals surface area (Å²) >= 11 is 6.04. The zero-order chi connectivity index (χ0) is 12.3. The molecule has 2 atom stereocenters. The van der Waals surface area contributed by atoms with E-state index in [4.69, 9.17) is 16.3 Å². The van der Waals surface area contributed by atoms with Crippen LogP contribution in [-0.2, 0) is 0 Å². The smallest absolute Gasteiger partial charge is 0.124 e. The molecule has 0 aliphatic carbocycles. The molecule has 1 aromatic rings. The first-order chi connectivity index (χ1) is 8.24. The van der Waals surface area contributed by atoms with Crippen LogP contribution in [0.3, 0.4) is 0 Å². The van der Waals surface area contributed by atoms with Crippen molar-refractivity contribution in [1.29, 1.82) is 0 Å². The van der Waals surface area contributed by atoms with Gasteiger partial charge in [0.05, 0.1) is 0 Å². The average Bonchev–Trinajstić information content (AvgIpc) is 2.35. The van der Waals surface area contributed by atoms with Crippen molar-refractivity contribution >= 4 is 11.6 Å². The summed E-state index contributed by atoms with van der Waals surface area (Å²) in [6.45, 7) is 2.21. The first kappa shape index (κ1) is 12.7. The Labute approximate surface area is 108 Å². The van der Waals surface area contributed by atoms with Crippen LogP contribution < -0.4 is 10.1 Å². The molecule has 0 saturated heterocycles. The number of nitrogens with one attached hydrogen (secondary N) is 1. The van der Waals surface area contributed by atoms with Crippen LogP contribution in [0.1, 0.15) is 44.2 Å². The Morgan fingerprint density at radius 3 is 3.00 bits per heavy atom. The molecular formula is C14H20ClNO. The fourth-order valence-corrected chi connectivity index (χ4v) is 2.58. The number of hydrogen-bond donors (Lipinski definition) is 1. The molecule has 0 spiro atoms. The summed E-state index contributed by atoms with van der Waals surface area (Å²) < 4.78 is 6.02. The van der Waals surface area contributed by atoms with Gasteiger partial charge >= 0.3 is 0 Å². The summed E-state index contributed by atoms with van der Waals surface area (Å²) in [4.78, 5) is 0. The van der Waals surface area contributed by atoms with Gasteiger partial charge in [-0.05, 0) is 31.7 Å². The van der Waals surface area contributed by atoms with Gasteiger partial charge in [0, 0.05) is 23.0 Å². The molecule has 1 heterocycles. The van der Waals surface area contributed by atoms with Crippen LogP contribution in [0, 0.1) is 0 Å². The van der Waals surface area contributed by atoms with E-state index in [2.05, 4.69) is 12.2 Å². The Bertz CT molecular complexity index is 380. The van der Waals surface area contributed by atoms with Gasteiger partial charge in [0.25, 0.3) is 0 Å². The largest absolute Gasteiger partial charge is 0.490 e. The zero-order valence-electron chi connectivity index (χ0n) is 10.5. The predicted molar refractivity (Wildman–Crippen MR) is 71.8 cm³/mol. The fourth-order valence-electron chi connectivity index (χ4n) is 2.40. The Morgan fingerprint density at radius 1 is 1.47 bits per heavy atom. The molecule has 2 nitrogen and oxygen atoms in total. The maximum Gasteiger partial charge on any atom is 0.124 e. The maximum absolute atomic E-state index is 6.04. The average molecular weight is 254 g/mol. The van der Waals surface area contributed by atoms with Crippen molar-refractivity contribution in [2.45, 2.75) is 44.8 Å². The van der Waals surface area contributed by atoms with E-state index >= 15 is 0 Å². The van der Waals surface area contributed by atoms with E-state index in [1.165, 1.54) is 18.4 Å². The quantitative estimate of drug-likeness (QED) is 0.878. The van der Waals surface area contributed by atoms with Gasteiger partial charge in [-0.15, -0.1) is 0 Å². The lowest BCUT2D eigenvalue weighted by Gasteiger charge is -2.32. The summed E-state index contributed by atoms with van der Waals surface area (Å²) in [6.07, 6.45) is 4.95. The van der Waals surface area contributed by atoms with E-state index in [0.29, 0.717) is 12.1 Å². The van der Waals surface area contributed by atoms with Crippen molar-refractivity contribution in [3.8, 4) is 5.75 Å². The van der Waals surface area contributed by atoms with Gasteiger partial charge in [0.15, 0.2) is 0 Å². The maximum atomic E-state index is 6.04. The van der Waals surface area contributed by atoms with E-state index < -0.39 is 0 Å². The minimum absolute atomic E-state index is 0.334. The van der Waals surface area contributed by atoms with Crippen LogP contribution in [0.5, 0.6) is 5.75 Å². The van der Waals surface area contributed by atoms with Crippen molar-refractivity contribution in [2.24, 2.45) is 0 Å². The summed E-state index contributed by atoms with van der Waals surface area (Å²) in [7, 11) is 2.00. The van der Waals surface area contributed by atoms with Gasteiger partial charge in [-0.25, -0.2) is 0 Å². The van der Waals surface area contributed by atoms with Crippen molar-refractivity contribution in [2.75, 3.05) is 7.05 Å². The van der Waals surface area contributed by atoms with Crippen LogP contribution in [0.25, 0.3) is 0 Å². The molecule has 3 heteroatoms. The number of benzene rings is 1. The first-order valence-corrected chi connectivity index (χ1v) is 6.75. The van der Waals surface area contributed by atoms with Gasteiger partial charge in [-0.1, -0.05) is 31.4 Å². The monoisotopic (exact) mass is 253 g/mol. The molecule has 0 fully saturated rings. The summed E-state index contributed by atoms with van der Waals surface area (Å²) in [5.74, 6) is 0.987. The molecular weight excluding hydrogens is 234 g/mol. The zero-order valence-corrected chi connectivity index (χ0v) is 11.3. The number of unbranched alkanes of at least 4 members (excludes halogenated alkanes) is 1. The van der Waals surface area contributed by atoms with E-state index in [1.54, 1.807) is 0 Å². The predicted octanol–water partition coefficient (Wildman–Crippen LogP) is 3.94. The third kappa shape index (κ3) is 2.93. The Kier molecular flexibility index (Phi) is 4.30. The van der Waals surface area contributed by atoms with Gasteiger partial charge in [0.1, 0.15) is 11.9 Å². The Morgan fingerprint density at radius 2 is 2.29 bits per heavy atom. The molecule has 0 aromatic heterocycles. The minimum Gasteiger partial charge on any atom is -0.490 e. The van der Waals surface area contributed by atoms with Crippen LogP contribution in [0.15, 0.2) is 18.2 Å². The lowest BCUT2D eigenvalue weighted by molar-refractivity contribution is 0.140. The van der Waals surface area contributed by atoms with Crippen LogP contribution in [-0.4, -0.2) is 13.2 Å². The SMILES string of the molecule is CCCCC1CC(NC)c2cc(Cl)ccc2O1. The summed E-state index contributed by atoms with van der Waals surface area (Å²) in [6, 6.07) is 6.25. The minimum atomic E-state index is 0.334. The van der Waals surface area contributed by atoms with Gasteiger partial charge < -0.3 is 10.1 Å². The standard InChI is InChI=1S/C14H20ClNO/c1-3-4-5-11-9-13(16-2)12-8-10(15)6-7-14(12)17-11/h6-8,11,13,16H,3-5,9H2,1-2H3. The first-order valence-electron chi connectivity index (χ1n) is 6.38. The molecule has 94 valence electrons. The highest BCUT2D eigenvalue weighted by Crippen LogP contribution is 2.37. The van der Waals surface area contributed by atoms with E-state index in [-0.39, 0.29) is 0 Å². The molecule has 0 bridgehead atoms. The molecule has 17 heavy (non-hydrogen) atoms. The third-order valence-corrected chi connectivity index (χ3v) is 3.60. The number of halogens is 1. The number of rotatable bonds is 4. The molecule has 1 N–H and O–H groups in total. The Balaban J connectivity index is 2.17. The van der Waals surface area contributed by atoms with E-state index in [9.17, 15) is 0 Å². The molecule has 0 saturated carbocycles. The second-order valence-corrected chi connectivity index (χ2v) is 5.08. The van der Waals surface area contributed by atoms with Gasteiger partial charge in [-0.3, -0.25) is 0 Å².